The lowest BCUT2D eigenvalue weighted by Crippen LogP contribution is -2.40. The Morgan fingerprint density at radius 1 is 1.26 bits per heavy atom. The molecule has 1 aliphatic rings. The van der Waals surface area contributed by atoms with Gasteiger partial charge < -0.3 is 9.47 Å². The Hall–Kier alpha value is -3.13. The third-order valence-electron chi connectivity index (χ3n) is 5.43. The zero-order chi connectivity index (χ0) is 25.1. The van der Waals surface area contributed by atoms with E-state index in [1.54, 1.807) is 24.3 Å². The minimum atomic E-state index is -0.670. The first kappa shape index (κ1) is 25.0. The van der Waals surface area contributed by atoms with Gasteiger partial charge in [0.2, 0.25) is 0 Å². The summed E-state index contributed by atoms with van der Waals surface area (Å²) in [5.41, 5.74) is 1.96. The summed E-state index contributed by atoms with van der Waals surface area (Å²) >= 11 is 13.8. The average molecular weight is 529 g/mol. The number of ether oxygens (including phenoxy) is 2. The molecule has 0 unspecified atom stereocenters. The maximum atomic E-state index is 13.7. The molecule has 3 aromatic rings. The normalized spacial score (nSPS) is 15.4. The van der Waals surface area contributed by atoms with Gasteiger partial charge in [-0.15, -0.1) is 0 Å². The zero-order valence-electron chi connectivity index (χ0n) is 19.1. The van der Waals surface area contributed by atoms with Crippen LogP contribution in [0.4, 0.5) is 0 Å². The Kier molecular flexibility index (Phi) is 7.60. The molecule has 35 heavy (non-hydrogen) atoms. The van der Waals surface area contributed by atoms with E-state index in [2.05, 4.69) is 11.6 Å². The molecule has 0 N–H and O–H groups in total. The first-order valence-electron chi connectivity index (χ1n) is 10.8. The van der Waals surface area contributed by atoms with Gasteiger partial charge in [-0.3, -0.25) is 9.36 Å². The van der Waals surface area contributed by atoms with Gasteiger partial charge in [0.1, 0.15) is 12.4 Å². The molecule has 0 amide bonds. The average Bonchev–Trinajstić information content (AvgIpc) is 3.16. The van der Waals surface area contributed by atoms with Gasteiger partial charge in [0.25, 0.3) is 5.56 Å². The van der Waals surface area contributed by atoms with Gasteiger partial charge in [-0.05, 0) is 30.2 Å². The van der Waals surface area contributed by atoms with E-state index < -0.39 is 12.0 Å². The molecule has 0 spiro atoms. The highest BCUT2D eigenvalue weighted by atomic mass is 35.5. The molecule has 0 saturated heterocycles. The van der Waals surface area contributed by atoms with Crippen molar-refractivity contribution in [2.24, 2.45) is 4.99 Å². The van der Waals surface area contributed by atoms with Crippen LogP contribution >= 0.6 is 34.5 Å². The second-order valence-electron chi connectivity index (χ2n) is 7.60. The van der Waals surface area contributed by atoms with Crippen molar-refractivity contribution >= 4 is 46.6 Å². The van der Waals surface area contributed by atoms with Crippen LogP contribution in [0.5, 0.6) is 5.75 Å². The summed E-state index contributed by atoms with van der Waals surface area (Å²) in [5, 5.41) is 0.727. The summed E-state index contributed by atoms with van der Waals surface area (Å²) in [4.78, 5) is 31.7. The monoisotopic (exact) mass is 528 g/mol. The lowest BCUT2D eigenvalue weighted by Gasteiger charge is -2.25. The minimum Gasteiger partial charge on any atom is -0.487 e. The quantitative estimate of drug-likeness (QED) is 0.330. The van der Waals surface area contributed by atoms with Crippen LogP contribution in [0.1, 0.15) is 30.5 Å². The van der Waals surface area contributed by atoms with Crippen molar-refractivity contribution < 1.29 is 14.3 Å². The van der Waals surface area contributed by atoms with Crippen molar-refractivity contribution in [3.63, 3.8) is 0 Å². The number of hydrogen-bond acceptors (Lipinski definition) is 6. The number of esters is 1. The molecule has 6 nitrogen and oxygen atoms in total. The van der Waals surface area contributed by atoms with E-state index in [1.165, 1.54) is 23.0 Å². The molecular formula is C26H22Cl2N2O4S. The number of nitrogens with zero attached hydrogens (tertiary/aromatic N) is 2. The number of halogens is 2. The van der Waals surface area contributed by atoms with Crippen LogP contribution in [0.3, 0.4) is 0 Å². The first-order valence-corrected chi connectivity index (χ1v) is 12.4. The SMILES string of the molecule is C=CCOc1c(Cl)cc(Cl)cc1/C=c1/sc2n(c1=O)[C@H](c1ccccc1)C(C(=O)OC)=C(CC)N=2. The molecule has 0 fully saturated rings. The highest BCUT2D eigenvalue weighted by molar-refractivity contribution is 7.07. The lowest BCUT2D eigenvalue weighted by molar-refractivity contribution is -0.136. The molecule has 1 aliphatic heterocycles. The highest BCUT2D eigenvalue weighted by Crippen LogP contribution is 2.34. The number of benzene rings is 2. The second-order valence-corrected chi connectivity index (χ2v) is 9.46. The lowest BCUT2D eigenvalue weighted by atomic mass is 9.95. The Morgan fingerprint density at radius 2 is 2.00 bits per heavy atom. The smallest absolute Gasteiger partial charge is 0.338 e. The summed E-state index contributed by atoms with van der Waals surface area (Å²) in [6.07, 6.45) is 3.78. The van der Waals surface area contributed by atoms with Crippen LogP contribution in [-0.2, 0) is 9.53 Å². The third kappa shape index (κ3) is 4.85. The van der Waals surface area contributed by atoms with Crippen molar-refractivity contribution in [2.45, 2.75) is 19.4 Å². The second kappa shape index (κ2) is 10.6. The van der Waals surface area contributed by atoms with Gasteiger partial charge in [0.05, 0.1) is 34.0 Å². The molecule has 0 bridgehead atoms. The van der Waals surface area contributed by atoms with Gasteiger partial charge in [0, 0.05) is 10.6 Å². The van der Waals surface area contributed by atoms with Crippen LogP contribution < -0.4 is 19.6 Å². The van der Waals surface area contributed by atoms with E-state index in [1.807, 2.05) is 37.3 Å². The molecule has 1 atom stereocenters. The van der Waals surface area contributed by atoms with Crippen LogP contribution in [0.15, 0.2) is 76.2 Å². The fourth-order valence-electron chi connectivity index (χ4n) is 3.94. The number of carbonyl (C=O) groups excluding carboxylic acids is 1. The van der Waals surface area contributed by atoms with E-state index in [-0.39, 0.29) is 12.2 Å². The summed E-state index contributed by atoms with van der Waals surface area (Å²) in [7, 11) is 1.32. The van der Waals surface area contributed by atoms with E-state index >= 15 is 0 Å². The molecule has 0 saturated carbocycles. The topological polar surface area (TPSA) is 69.9 Å². The fraction of sp³-hybridized carbons (Fsp3) is 0.192. The third-order valence-corrected chi connectivity index (χ3v) is 6.92. The number of hydrogen-bond donors (Lipinski definition) is 0. The van der Waals surface area contributed by atoms with Gasteiger partial charge >= 0.3 is 5.97 Å². The highest BCUT2D eigenvalue weighted by Gasteiger charge is 2.33. The zero-order valence-corrected chi connectivity index (χ0v) is 21.4. The standard InChI is InChI=1S/C26H22Cl2N2O4S/c1-4-11-34-23-16(12-17(27)14-18(23)28)13-20-24(31)30-22(15-9-7-6-8-10-15)21(25(32)33-3)19(5-2)29-26(30)35-20/h4,6-10,12-14,22H,1,5,11H2,2-3H3/b20-13+/t22-/m1/s1. The van der Waals surface area contributed by atoms with Gasteiger partial charge in [-0.2, -0.15) is 0 Å². The number of fused-ring (bicyclic) bond motifs is 1. The molecule has 0 aliphatic carbocycles. The Morgan fingerprint density at radius 3 is 2.66 bits per heavy atom. The Labute approximate surface area is 216 Å². The van der Waals surface area contributed by atoms with Crippen molar-refractivity contribution in [1.29, 1.82) is 0 Å². The first-order chi connectivity index (χ1) is 16.9. The maximum Gasteiger partial charge on any atom is 0.338 e. The molecule has 4 rings (SSSR count). The van der Waals surface area contributed by atoms with E-state index in [4.69, 9.17) is 32.7 Å². The van der Waals surface area contributed by atoms with Crippen molar-refractivity contribution in [3.05, 3.63) is 107 Å². The minimum absolute atomic E-state index is 0.236. The van der Waals surface area contributed by atoms with Gasteiger partial charge in [-0.1, -0.05) is 84.4 Å². The van der Waals surface area contributed by atoms with Crippen molar-refractivity contribution in [3.8, 4) is 5.75 Å². The fourth-order valence-corrected chi connectivity index (χ4v) is 5.51. The van der Waals surface area contributed by atoms with Gasteiger partial charge in [-0.25, -0.2) is 9.79 Å². The van der Waals surface area contributed by atoms with Gasteiger partial charge in [0.15, 0.2) is 4.80 Å². The predicted octanol–water partition coefficient (Wildman–Crippen LogP) is 4.67. The van der Waals surface area contributed by atoms with Crippen LogP contribution in [0.2, 0.25) is 10.0 Å². The molecule has 1 aromatic heterocycles. The van der Waals surface area contributed by atoms with E-state index in [0.29, 0.717) is 48.4 Å². The Balaban J connectivity index is 1.99. The summed E-state index contributed by atoms with van der Waals surface area (Å²) in [6, 6.07) is 11.9. The number of allylic oxidation sites excluding steroid dienone is 1. The number of rotatable bonds is 7. The van der Waals surface area contributed by atoms with Crippen LogP contribution in [-0.4, -0.2) is 24.3 Å². The number of carbonyl (C=O) groups is 1. The summed E-state index contributed by atoms with van der Waals surface area (Å²) in [5.74, 6) is -0.124. The summed E-state index contributed by atoms with van der Waals surface area (Å²) in [6.45, 7) is 5.81. The molecule has 0 radical (unpaired) electrons. The number of aromatic nitrogens is 1. The molecular weight excluding hydrogens is 507 g/mol. The van der Waals surface area contributed by atoms with Crippen LogP contribution in [0, 0.1) is 0 Å². The predicted molar refractivity (Wildman–Crippen MR) is 139 cm³/mol. The Bertz CT molecular complexity index is 1510. The van der Waals surface area contributed by atoms with E-state index in [9.17, 15) is 9.59 Å². The molecule has 2 aromatic carbocycles. The number of thiazole rings is 1. The molecule has 9 heteroatoms. The molecule has 180 valence electrons. The molecule has 2 heterocycles. The van der Waals surface area contributed by atoms with Crippen LogP contribution in [0.25, 0.3) is 6.08 Å². The summed E-state index contributed by atoms with van der Waals surface area (Å²) < 4.78 is 12.7. The van der Waals surface area contributed by atoms with E-state index in [0.717, 1.165) is 5.56 Å². The largest absolute Gasteiger partial charge is 0.487 e. The number of methoxy groups -OCH3 is 1. The van der Waals surface area contributed by atoms with Crippen molar-refractivity contribution in [2.75, 3.05) is 13.7 Å². The maximum absolute atomic E-state index is 13.7. The van der Waals surface area contributed by atoms with Crippen molar-refractivity contribution in [1.82, 2.24) is 4.57 Å².